The highest BCUT2D eigenvalue weighted by atomic mass is 35.5. The Kier molecular flexibility index (Phi) is 4.61. The average molecular weight is 297 g/mol. The summed E-state index contributed by atoms with van der Waals surface area (Å²) < 4.78 is 5.83. The van der Waals surface area contributed by atoms with Crippen molar-refractivity contribution in [1.29, 1.82) is 0 Å². The molecule has 0 atom stereocenters. The van der Waals surface area contributed by atoms with Crippen molar-refractivity contribution in [3.63, 3.8) is 0 Å². The summed E-state index contributed by atoms with van der Waals surface area (Å²) in [5, 5.41) is 1.06. The molecule has 19 heavy (non-hydrogen) atoms. The van der Waals surface area contributed by atoms with Crippen molar-refractivity contribution in [2.24, 2.45) is 0 Å². The van der Waals surface area contributed by atoms with E-state index in [1.54, 1.807) is 6.07 Å². The Bertz CT molecular complexity index is 588. The molecule has 100 valence electrons. The molecule has 5 heteroatoms. The first kappa shape index (κ1) is 14.1. The third-order valence-electron chi connectivity index (χ3n) is 2.71. The maximum absolute atomic E-state index is 6.09. The predicted molar refractivity (Wildman–Crippen MR) is 77.3 cm³/mol. The van der Waals surface area contributed by atoms with Crippen LogP contribution in [0.15, 0.2) is 24.5 Å². The van der Waals surface area contributed by atoms with Crippen LogP contribution in [0.2, 0.25) is 10.2 Å². The van der Waals surface area contributed by atoms with Gasteiger partial charge in [0.1, 0.15) is 17.2 Å². The van der Waals surface area contributed by atoms with Crippen LogP contribution in [0.1, 0.15) is 24.5 Å². The van der Waals surface area contributed by atoms with Crippen LogP contribution >= 0.6 is 23.2 Å². The topological polar surface area (TPSA) is 35.0 Å². The molecule has 2 aromatic rings. The Morgan fingerprint density at radius 2 is 2.00 bits per heavy atom. The summed E-state index contributed by atoms with van der Waals surface area (Å²) in [5.74, 6) is 1.17. The largest absolute Gasteiger partial charge is 0.438 e. The lowest BCUT2D eigenvalue weighted by atomic mass is 10.2. The van der Waals surface area contributed by atoms with Gasteiger partial charge in [-0.25, -0.2) is 9.97 Å². The van der Waals surface area contributed by atoms with Crippen LogP contribution in [0.5, 0.6) is 11.6 Å². The highest BCUT2D eigenvalue weighted by Gasteiger charge is 2.12. The van der Waals surface area contributed by atoms with Crippen molar-refractivity contribution >= 4 is 23.2 Å². The minimum Gasteiger partial charge on any atom is -0.438 e. The monoisotopic (exact) mass is 296 g/mol. The van der Waals surface area contributed by atoms with Gasteiger partial charge in [-0.05, 0) is 31.0 Å². The van der Waals surface area contributed by atoms with Gasteiger partial charge in [-0.15, -0.1) is 0 Å². The second kappa shape index (κ2) is 6.22. The smallest absolute Gasteiger partial charge is 0.227 e. The average Bonchev–Trinajstić information content (AvgIpc) is 2.38. The SMILES string of the molecule is CCCc1c(Cl)ncnc1Oc1cc(Cl)ccc1C. The Morgan fingerprint density at radius 1 is 1.21 bits per heavy atom. The summed E-state index contributed by atoms with van der Waals surface area (Å²) in [6, 6.07) is 5.49. The lowest BCUT2D eigenvalue weighted by Crippen LogP contribution is -1.98. The minimum absolute atomic E-state index is 0.437. The van der Waals surface area contributed by atoms with Gasteiger partial charge < -0.3 is 4.74 Å². The quantitative estimate of drug-likeness (QED) is 0.758. The second-order valence-corrected chi connectivity index (χ2v) is 5.00. The van der Waals surface area contributed by atoms with E-state index >= 15 is 0 Å². The van der Waals surface area contributed by atoms with Gasteiger partial charge in [0.2, 0.25) is 5.88 Å². The van der Waals surface area contributed by atoms with E-state index in [4.69, 9.17) is 27.9 Å². The van der Waals surface area contributed by atoms with Gasteiger partial charge >= 0.3 is 0 Å². The molecule has 0 fully saturated rings. The molecule has 3 nitrogen and oxygen atoms in total. The zero-order valence-corrected chi connectivity index (χ0v) is 12.3. The van der Waals surface area contributed by atoms with Crippen LogP contribution in [0, 0.1) is 6.92 Å². The first-order valence-corrected chi connectivity index (χ1v) is 6.80. The van der Waals surface area contributed by atoms with Crippen molar-refractivity contribution in [3.05, 3.63) is 45.8 Å². The summed E-state index contributed by atoms with van der Waals surface area (Å²) in [6.45, 7) is 4.02. The zero-order valence-electron chi connectivity index (χ0n) is 10.8. The number of aryl methyl sites for hydroxylation is 1. The van der Waals surface area contributed by atoms with Crippen molar-refractivity contribution in [2.45, 2.75) is 26.7 Å². The standard InChI is InChI=1S/C14H14Cl2N2O/c1-3-4-11-13(16)17-8-18-14(11)19-12-7-10(15)6-5-9(12)2/h5-8H,3-4H2,1-2H3. The van der Waals surface area contributed by atoms with Gasteiger partial charge in [-0.3, -0.25) is 0 Å². The van der Waals surface area contributed by atoms with Crippen molar-refractivity contribution in [1.82, 2.24) is 9.97 Å². The number of nitrogens with zero attached hydrogens (tertiary/aromatic N) is 2. The Hall–Kier alpha value is -1.32. The number of hydrogen-bond acceptors (Lipinski definition) is 3. The summed E-state index contributed by atoms with van der Waals surface area (Å²) in [6.07, 6.45) is 3.11. The third-order valence-corrected chi connectivity index (χ3v) is 3.27. The summed E-state index contributed by atoms with van der Waals surface area (Å²) >= 11 is 12.1. The molecular weight excluding hydrogens is 283 g/mol. The molecule has 0 radical (unpaired) electrons. The van der Waals surface area contributed by atoms with Crippen molar-refractivity contribution < 1.29 is 4.74 Å². The molecule has 0 aliphatic heterocycles. The van der Waals surface area contributed by atoms with E-state index < -0.39 is 0 Å². The lowest BCUT2D eigenvalue weighted by Gasteiger charge is -2.12. The highest BCUT2D eigenvalue weighted by Crippen LogP contribution is 2.31. The van der Waals surface area contributed by atoms with Gasteiger partial charge in [0.15, 0.2) is 0 Å². The van der Waals surface area contributed by atoms with E-state index in [1.165, 1.54) is 6.33 Å². The van der Waals surface area contributed by atoms with Crippen LogP contribution < -0.4 is 4.74 Å². The molecule has 1 aromatic heterocycles. The fourth-order valence-corrected chi connectivity index (χ4v) is 2.09. The molecule has 0 amide bonds. The maximum Gasteiger partial charge on any atom is 0.227 e. The second-order valence-electron chi connectivity index (χ2n) is 4.21. The number of rotatable bonds is 4. The number of halogens is 2. The van der Waals surface area contributed by atoms with Crippen LogP contribution in [0.25, 0.3) is 0 Å². The summed E-state index contributed by atoms with van der Waals surface area (Å²) in [5.41, 5.74) is 1.81. The first-order chi connectivity index (χ1) is 9.11. The molecule has 0 aliphatic rings. The van der Waals surface area contributed by atoms with Gasteiger partial charge in [0, 0.05) is 5.02 Å². The van der Waals surface area contributed by atoms with Gasteiger partial charge in [0.05, 0.1) is 5.56 Å². The Balaban J connectivity index is 2.37. The van der Waals surface area contributed by atoms with E-state index in [0.717, 1.165) is 24.0 Å². The summed E-state index contributed by atoms with van der Waals surface area (Å²) in [7, 11) is 0. The van der Waals surface area contributed by atoms with Crippen molar-refractivity contribution in [2.75, 3.05) is 0 Å². The van der Waals surface area contributed by atoms with Crippen molar-refractivity contribution in [3.8, 4) is 11.6 Å². The van der Waals surface area contributed by atoms with Gasteiger partial charge in [-0.2, -0.15) is 0 Å². The molecule has 0 saturated heterocycles. The fourth-order valence-electron chi connectivity index (χ4n) is 1.71. The van der Waals surface area contributed by atoms with E-state index in [2.05, 4.69) is 16.9 Å². The van der Waals surface area contributed by atoms with Crippen LogP contribution in [-0.4, -0.2) is 9.97 Å². The molecule has 1 heterocycles. The van der Waals surface area contributed by atoms with Gasteiger partial charge in [0.25, 0.3) is 0 Å². The lowest BCUT2D eigenvalue weighted by molar-refractivity contribution is 0.450. The molecule has 0 spiro atoms. The number of hydrogen-bond donors (Lipinski definition) is 0. The molecule has 0 aliphatic carbocycles. The Labute approximate surface area is 122 Å². The Morgan fingerprint density at radius 3 is 2.74 bits per heavy atom. The van der Waals surface area contributed by atoms with Crippen LogP contribution in [-0.2, 0) is 6.42 Å². The van der Waals surface area contributed by atoms with E-state index in [1.807, 2.05) is 19.1 Å². The molecule has 1 aromatic carbocycles. The summed E-state index contributed by atoms with van der Waals surface area (Å²) in [4.78, 5) is 8.15. The molecule has 0 unspecified atom stereocenters. The fraction of sp³-hybridized carbons (Fsp3) is 0.286. The molecule has 0 N–H and O–H groups in total. The predicted octanol–water partition coefficient (Wildman–Crippen LogP) is 4.84. The molecule has 2 rings (SSSR count). The number of ether oxygens (including phenoxy) is 1. The first-order valence-electron chi connectivity index (χ1n) is 6.05. The van der Waals surface area contributed by atoms with E-state index in [0.29, 0.717) is 21.8 Å². The van der Waals surface area contributed by atoms with E-state index in [9.17, 15) is 0 Å². The third kappa shape index (κ3) is 3.37. The number of aromatic nitrogens is 2. The van der Waals surface area contributed by atoms with E-state index in [-0.39, 0.29) is 0 Å². The highest BCUT2D eigenvalue weighted by molar-refractivity contribution is 6.30. The normalized spacial score (nSPS) is 10.5. The molecule has 0 bridgehead atoms. The molecular formula is C14H14Cl2N2O. The minimum atomic E-state index is 0.437. The maximum atomic E-state index is 6.09. The van der Waals surface area contributed by atoms with Crippen LogP contribution in [0.3, 0.4) is 0 Å². The van der Waals surface area contributed by atoms with Gasteiger partial charge in [-0.1, -0.05) is 42.6 Å². The molecule has 0 saturated carbocycles. The zero-order chi connectivity index (χ0) is 13.8. The van der Waals surface area contributed by atoms with Crippen LogP contribution in [0.4, 0.5) is 0 Å². The number of benzene rings is 1.